The van der Waals surface area contributed by atoms with Crippen LogP contribution in [0.3, 0.4) is 0 Å². The summed E-state index contributed by atoms with van der Waals surface area (Å²) in [6.45, 7) is 9.55. The van der Waals surface area contributed by atoms with E-state index in [1.807, 2.05) is 51.2 Å². The molecule has 2 aromatic heterocycles. The molecule has 3 amide bonds. The molecule has 0 saturated heterocycles. The third-order valence-corrected chi connectivity index (χ3v) is 8.75. The number of ether oxygens (including phenoxy) is 2. The second-order valence-electron chi connectivity index (χ2n) is 11.5. The number of urea groups is 1. The Morgan fingerprint density at radius 2 is 1.94 bits per heavy atom. The van der Waals surface area contributed by atoms with E-state index in [1.165, 1.54) is 23.5 Å². The van der Waals surface area contributed by atoms with Gasteiger partial charge in [-0.15, -0.1) is 17.3 Å². The minimum absolute atomic E-state index is 0. The number of halogens is 1. The van der Waals surface area contributed by atoms with Crippen molar-refractivity contribution in [1.82, 2.24) is 15.2 Å². The highest BCUT2D eigenvalue weighted by Crippen LogP contribution is 2.41. The molecule has 10 nitrogen and oxygen atoms in total. The lowest BCUT2D eigenvalue weighted by Gasteiger charge is -2.21. The summed E-state index contributed by atoms with van der Waals surface area (Å²) in [6, 6.07) is 10.2. The lowest BCUT2D eigenvalue weighted by Crippen LogP contribution is -2.33. The third-order valence-electron chi connectivity index (χ3n) is 7.57. The summed E-state index contributed by atoms with van der Waals surface area (Å²) in [7, 11) is 0. The first-order valence-electron chi connectivity index (χ1n) is 17.3. The van der Waals surface area contributed by atoms with E-state index < -0.39 is 5.82 Å². The van der Waals surface area contributed by atoms with Crippen LogP contribution in [0.1, 0.15) is 79.5 Å². The molecule has 1 fully saturated rings. The van der Waals surface area contributed by atoms with E-state index in [2.05, 4.69) is 32.8 Å². The highest BCUT2D eigenvalue weighted by Gasteiger charge is 2.24. The zero-order valence-corrected chi connectivity index (χ0v) is 30.0. The number of thiophene rings is 1. The number of benzene rings is 1. The fourth-order valence-corrected chi connectivity index (χ4v) is 5.98. The van der Waals surface area contributed by atoms with Gasteiger partial charge in [-0.2, -0.15) is 0 Å². The zero-order chi connectivity index (χ0) is 35.9. The van der Waals surface area contributed by atoms with Gasteiger partial charge < -0.3 is 30.3 Å². The molecule has 0 unspecified atom stereocenters. The SMILES string of the molecule is CC.CCCN(CCC#CCc1ccc(-c2cc3c(s2)C(Oc2ccc(NC(=O)NC4CC4)cc2F)=CCN3)nc1)C(=O)CCOC(=O)CC.[HH].[HH]. The molecule has 1 aliphatic heterocycles. The van der Waals surface area contributed by atoms with Gasteiger partial charge in [-0.3, -0.25) is 14.6 Å². The largest absolute Gasteiger partial charge is 0.465 e. The molecule has 270 valence electrons. The van der Waals surface area contributed by atoms with Crippen LogP contribution >= 0.6 is 11.3 Å². The minimum atomic E-state index is -0.573. The maximum atomic E-state index is 14.9. The second-order valence-corrected chi connectivity index (χ2v) is 12.5. The summed E-state index contributed by atoms with van der Waals surface area (Å²) >= 11 is 1.50. The normalized spacial score (nSPS) is 12.8. The molecule has 3 aromatic rings. The van der Waals surface area contributed by atoms with Crippen molar-refractivity contribution in [2.75, 3.05) is 36.9 Å². The van der Waals surface area contributed by atoms with E-state index in [-0.39, 0.29) is 45.6 Å². The molecule has 0 atom stereocenters. The predicted octanol–water partition coefficient (Wildman–Crippen LogP) is 8.11. The highest BCUT2D eigenvalue weighted by molar-refractivity contribution is 7.17. The van der Waals surface area contributed by atoms with Crippen molar-refractivity contribution in [3.05, 3.63) is 64.9 Å². The number of hydrogen-bond donors (Lipinski definition) is 3. The molecule has 1 saturated carbocycles. The Kier molecular flexibility index (Phi) is 14.7. The van der Waals surface area contributed by atoms with Crippen LogP contribution in [0.5, 0.6) is 5.75 Å². The number of aromatic nitrogens is 1. The number of rotatable bonds is 14. The van der Waals surface area contributed by atoms with Gasteiger partial charge in [0.15, 0.2) is 11.6 Å². The molecule has 0 spiro atoms. The summed E-state index contributed by atoms with van der Waals surface area (Å²) in [5.41, 5.74) is 3.02. The molecule has 0 radical (unpaired) electrons. The number of nitrogens with zero attached hydrogens (tertiary/aromatic N) is 2. The van der Waals surface area contributed by atoms with Crippen molar-refractivity contribution in [3.63, 3.8) is 0 Å². The van der Waals surface area contributed by atoms with Crippen molar-refractivity contribution in [2.24, 2.45) is 0 Å². The van der Waals surface area contributed by atoms with Crippen LogP contribution in [0.2, 0.25) is 0 Å². The summed E-state index contributed by atoms with van der Waals surface area (Å²) in [6.07, 6.45) is 8.02. The fraction of sp³-hybridized carbons (Fsp3) is 0.421. The van der Waals surface area contributed by atoms with Gasteiger partial charge in [0.25, 0.3) is 0 Å². The Balaban J connectivity index is 0.00000230. The molecule has 50 heavy (non-hydrogen) atoms. The van der Waals surface area contributed by atoms with Gasteiger partial charge in [-0.05, 0) is 55.2 Å². The van der Waals surface area contributed by atoms with Crippen molar-refractivity contribution in [1.29, 1.82) is 0 Å². The quantitative estimate of drug-likeness (QED) is 0.114. The first kappa shape index (κ1) is 37.9. The standard InChI is InChI=1S/C36H40FN5O5S.C2H6.2H2/c1-3-18-42(33(43)16-20-46-34(44)4-2)19-7-5-6-8-24-9-13-28(39-23-24)32-22-29-35(48-32)31(15-17-38-29)47-30-14-12-26(21-27(30)37)41-36(45)40-25-10-11-25;1-2;;/h9,12-15,21-23,25,38H,3-4,7-8,10-11,16-20H2,1-2H3,(H2,40,41,45);1-2H3;2*1H. The van der Waals surface area contributed by atoms with Crippen molar-refractivity contribution >= 4 is 46.4 Å². The van der Waals surface area contributed by atoms with Gasteiger partial charge in [0, 0.05) is 65.7 Å². The molecular formula is C38H50FN5O5S. The molecule has 1 aliphatic carbocycles. The van der Waals surface area contributed by atoms with Crippen LogP contribution in [0, 0.1) is 17.7 Å². The average molecular weight is 708 g/mol. The maximum Gasteiger partial charge on any atom is 0.319 e. The topological polar surface area (TPSA) is 122 Å². The summed E-state index contributed by atoms with van der Waals surface area (Å²) in [5, 5.41) is 8.81. The lowest BCUT2D eigenvalue weighted by molar-refractivity contribution is -0.145. The molecule has 0 bridgehead atoms. The Hall–Kier alpha value is -4.89. The fourth-order valence-electron chi connectivity index (χ4n) is 4.89. The number of amides is 3. The highest BCUT2D eigenvalue weighted by atomic mass is 32.1. The summed E-state index contributed by atoms with van der Waals surface area (Å²) in [4.78, 5) is 44.0. The van der Waals surface area contributed by atoms with Gasteiger partial charge in [0.05, 0.1) is 27.6 Å². The zero-order valence-electron chi connectivity index (χ0n) is 29.2. The van der Waals surface area contributed by atoms with Crippen LogP contribution < -0.4 is 20.7 Å². The molecule has 3 heterocycles. The number of carbonyl (C=O) groups is 3. The van der Waals surface area contributed by atoms with Gasteiger partial charge in [-0.1, -0.05) is 39.7 Å². The Bertz CT molecular complexity index is 1720. The molecular weight excluding hydrogens is 658 g/mol. The van der Waals surface area contributed by atoms with Gasteiger partial charge in [0.1, 0.15) is 12.4 Å². The molecule has 3 N–H and O–H groups in total. The number of carbonyl (C=O) groups excluding carboxylic acids is 3. The van der Waals surface area contributed by atoms with Crippen LogP contribution in [0.15, 0.2) is 48.7 Å². The number of hydrogen-bond acceptors (Lipinski definition) is 8. The van der Waals surface area contributed by atoms with E-state index in [0.717, 1.165) is 46.0 Å². The van der Waals surface area contributed by atoms with Crippen LogP contribution in [0.4, 0.5) is 20.6 Å². The maximum absolute atomic E-state index is 14.9. The number of fused-ring (bicyclic) bond motifs is 1. The van der Waals surface area contributed by atoms with E-state index >= 15 is 0 Å². The molecule has 12 heteroatoms. The summed E-state index contributed by atoms with van der Waals surface area (Å²) in [5.74, 6) is 6.04. The van der Waals surface area contributed by atoms with Crippen LogP contribution in [-0.2, 0) is 20.7 Å². The van der Waals surface area contributed by atoms with E-state index in [4.69, 9.17) is 9.47 Å². The van der Waals surface area contributed by atoms with E-state index in [0.29, 0.717) is 50.3 Å². The molecule has 2 aliphatic rings. The minimum Gasteiger partial charge on any atom is -0.465 e. The number of nitrogens with one attached hydrogen (secondary N) is 3. The van der Waals surface area contributed by atoms with Crippen molar-refractivity contribution in [3.8, 4) is 28.2 Å². The number of esters is 1. The first-order valence-corrected chi connectivity index (χ1v) is 18.1. The smallest absolute Gasteiger partial charge is 0.319 e. The van der Waals surface area contributed by atoms with Crippen LogP contribution in [-0.4, -0.2) is 60.1 Å². The van der Waals surface area contributed by atoms with E-state index in [9.17, 15) is 18.8 Å². The van der Waals surface area contributed by atoms with Crippen LogP contribution in [0.25, 0.3) is 16.3 Å². The Morgan fingerprint density at radius 1 is 1.12 bits per heavy atom. The Labute approximate surface area is 300 Å². The Morgan fingerprint density at radius 3 is 2.64 bits per heavy atom. The molecule has 1 aromatic carbocycles. The van der Waals surface area contributed by atoms with E-state index in [1.54, 1.807) is 17.9 Å². The third kappa shape index (κ3) is 11.3. The predicted molar refractivity (Wildman–Crippen MR) is 201 cm³/mol. The van der Waals surface area contributed by atoms with Gasteiger partial charge >= 0.3 is 12.0 Å². The van der Waals surface area contributed by atoms with Gasteiger partial charge in [0.2, 0.25) is 5.91 Å². The monoisotopic (exact) mass is 707 g/mol. The van der Waals surface area contributed by atoms with Crippen molar-refractivity contribution in [2.45, 2.75) is 78.7 Å². The second kappa shape index (κ2) is 19.3. The molecule has 5 rings (SSSR count). The lowest BCUT2D eigenvalue weighted by atomic mass is 10.1. The average Bonchev–Trinajstić information content (AvgIpc) is 3.83. The first-order chi connectivity index (χ1) is 24.3. The number of anilines is 2. The van der Waals surface area contributed by atoms with Crippen molar-refractivity contribution < 1.29 is 31.1 Å². The van der Waals surface area contributed by atoms with Gasteiger partial charge in [-0.25, -0.2) is 9.18 Å². The number of pyridine rings is 1. The summed E-state index contributed by atoms with van der Waals surface area (Å²) < 4.78 is 26.0.